The molecule has 2 nitrogen and oxygen atoms in total. The average molecular weight is 251 g/mol. The molecule has 1 aliphatic carbocycles. The van der Waals surface area contributed by atoms with E-state index in [1.54, 1.807) is 6.26 Å². The van der Waals surface area contributed by atoms with E-state index in [0.717, 1.165) is 18.6 Å². The Morgan fingerprint density at radius 3 is 3.00 bits per heavy atom. The van der Waals surface area contributed by atoms with Gasteiger partial charge >= 0.3 is 0 Å². The summed E-state index contributed by atoms with van der Waals surface area (Å²) in [6.07, 6.45) is 12.0. The summed E-state index contributed by atoms with van der Waals surface area (Å²) >= 11 is 0. The van der Waals surface area contributed by atoms with Crippen LogP contribution in [-0.2, 0) is 4.74 Å². The van der Waals surface area contributed by atoms with Gasteiger partial charge in [-0.05, 0) is 48.2 Å². The lowest BCUT2D eigenvalue weighted by molar-refractivity contribution is 0.373. The summed E-state index contributed by atoms with van der Waals surface area (Å²) in [5.74, 6) is 0.927. The second kappa shape index (κ2) is 5.29. The van der Waals surface area contributed by atoms with Crippen LogP contribution in [0.2, 0.25) is 0 Å². The van der Waals surface area contributed by atoms with Crippen LogP contribution in [-0.4, -0.2) is 6.54 Å². The summed E-state index contributed by atoms with van der Waals surface area (Å²) in [4.78, 5) is 0. The highest BCUT2D eigenvalue weighted by Gasteiger charge is 2.19. The highest BCUT2D eigenvalue weighted by molar-refractivity contribution is 5.88. The topological polar surface area (TPSA) is 35.2 Å². The van der Waals surface area contributed by atoms with Crippen LogP contribution in [0.1, 0.15) is 24.0 Å². The van der Waals surface area contributed by atoms with Crippen molar-refractivity contribution in [3.63, 3.8) is 0 Å². The molecule has 19 heavy (non-hydrogen) atoms. The van der Waals surface area contributed by atoms with Gasteiger partial charge < -0.3 is 10.5 Å². The van der Waals surface area contributed by atoms with Gasteiger partial charge in [0.05, 0.1) is 6.26 Å². The fourth-order valence-electron chi connectivity index (χ4n) is 2.53. The van der Waals surface area contributed by atoms with E-state index < -0.39 is 0 Å². The Labute approximate surface area is 113 Å². The molecule has 0 saturated heterocycles. The van der Waals surface area contributed by atoms with Crippen LogP contribution in [0.4, 0.5) is 0 Å². The number of rotatable bonds is 2. The molecular weight excluding hydrogens is 234 g/mol. The van der Waals surface area contributed by atoms with Gasteiger partial charge in [0.25, 0.3) is 0 Å². The van der Waals surface area contributed by atoms with Gasteiger partial charge in [0, 0.05) is 5.57 Å². The molecule has 2 N–H and O–H groups in total. The number of fused-ring (bicyclic) bond motifs is 2. The molecule has 1 aliphatic heterocycles. The number of hydrogen-bond acceptors (Lipinski definition) is 2. The van der Waals surface area contributed by atoms with E-state index in [1.807, 2.05) is 6.08 Å². The van der Waals surface area contributed by atoms with Gasteiger partial charge in [-0.1, -0.05) is 36.4 Å². The van der Waals surface area contributed by atoms with Gasteiger partial charge in [0.15, 0.2) is 0 Å². The van der Waals surface area contributed by atoms with Crippen LogP contribution in [0.5, 0.6) is 0 Å². The van der Waals surface area contributed by atoms with Crippen molar-refractivity contribution in [1.82, 2.24) is 0 Å². The lowest BCUT2D eigenvalue weighted by Gasteiger charge is -2.18. The first-order valence-electron chi connectivity index (χ1n) is 6.63. The zero-order valence-electron chi connectivity index (χ0n) is 10.8. The van der Waals surface area contributed by atoms with Crippen molar-refractivity contribution >= 4 is 11.6 Å². The summed E-state index contributed by atoms with van der Waals surface area (Å²) in [5.41, 5.74) is 10.6. The first-order chi connectivity index (χ1) is 9.40. The van der Waals surface area contributed by atoms with Crippen LogP contribution >= 0.6 is 0 Å². The predicted octanol–water partition coefficient (Wildman–Crippen LogP) is 3.63. The minimum atomic E-state index is 0.677. The fraction of sp³-hybridized carbons (Fsp3) is 0.176. The third-order valence-corrected chi connectivity index (χ3v) is 3.40. The molecule has 0 unspecified atom stereocenters. The van der Waals surface area contributed by atoms with Crippen molar-refractivity contribution in [2.45, 2.75) is 12.8 Å². The fourth-order valence-corrected chi connectivity index (χ4v) is 2.53. The molecule has 3 rings (SSSR count). The number of ether oxygens (including phenoxy) is 1. The Balaban J connectivity index is 2.15. The van der Waals surface area contributed by atoms with Crippen molar-refractivity contribution in [2.24, 2.45) is 5.73 Å². The molecule has 1 aromatic rings. The summed E-state index contributed by atoms with van der Waals surface area (Å²) < 4.78 is 5.74. The second-order valence-corrected chi connectivity index (χ2v) is 4.66. The van der Waals surface area contributed by atoms with Gasteiger partial charge in [-0.3, -0.25) is 0 Å². The van der Waals surface area contributed by atoms with Crippen LogP contribution in [0.3, 0.4) is 0 Å². The Hall–Kier alpha value is -2.06. The maximum absolute atomic E-state index is 5.74. The SMILES string of the molecule is NCCC=C1CC=CC2=C1c1ccccc1C=CO2. The van der Waals surface area contributed by atoms with Gasteiger partial charge in [0.1, 0.15) is 5.76 Å². The average Bonchev–Trinajstić information content (AvgIpc) is 2.64. The summed E-state index contributed by atoms with van der Waals surface area (Å²) in [7, 11) is 0. The highest BCUT2D eigenvalue weighted by atomic mass is 16.5. The van der Waals surface area contributed by atoms with Gasteiger partial charge in [-0.15, -0.1) is 0 Å². The van der Waals surface area contributed by atoms with E-state index in [1.165, 1.54) is 22.3 Å². The first kappa shape index (κ1) is 12.0. The lowest BCUT2D eigenvalue weighted by Crippen LogP contribution is -2.02. The number of hydrogen-bond donors (Lipinski definition) is 1. The molecule has 0 aromatic heterocycles. The summed E-state index contributed by atoms with van der Waals surface area (Å²) in [5, 5.41) is 0. The maximum atomic E-state index is 5.74. The number of allylic oxidation sites excluding steroid dienone is 4. The van der Waals surface area contributed by atoms with E-state index in [-0.39, 0.29) is 0 Å². The summed E-state index contributed by atoms with van der Waals surface area (Å²) in [6, 6.07) is 8.39. The van der Waals surface area contributed by atoms with Crippen molar-refractivity contribution in [1.29, 1.82) is 0 Å². The van der Waals surface area contributed by atoms with Crippen LogP contribution in [0, 0.1) is 0 Å². The second-order valence-electron chi connectivity index (χ2n) is 4.66. The molecule has 0 atom stereocenters. The highest BCUT2D eigenvalue weighted by Crippen LogP contribution is 2.37. The van der Waals surface area contributed by atoms with E-state index in [9.17, 15) is 0 Å². The third-order valence-electron chi connectivity index (χ3n) is 3.40. The Morgan fingerprint density at radius 1 is 1.21 bits per heavy atom. The zero-order chi connectivity index (χ0) is 13.1. The zero-order valence-corrected chi connectivity index (χ0v) is 10.8. The van der Waals surface area contributed by atoms with Gasteiger partial charge in [-0.25, -0.2) is 0 Å². The van der Waals surface area contributed by atoms with E-state index in [0.29, 0.717) is 6.54 Å². The van der Waals surface area contributed by atoms with E-state index in [4.69, 9.17) is 10.5 Å². The number of benzene rings is 1. The minimum absolute atomic E-state index is 0.677. The van der Waals surface area contributed by atoms with Crippen LogP contribution in [0.15, 0.2) is 60.1 Å². The molecule has 0 fully saturated rings. The van der Waals surface area contributed by atoms with Crippen molar-refractivity contribution in [2.75, 3.05) is 6.54 Å². The predicted molar refractivity (Wildman–Crippen MR) is 79.0 cm³/mol. The monoisotopic (exact) mass is 251 g/mol. The molecule has 1 aromatic carbocycles. The van der Waals surface area contributed by atoms with Gasteiger partial charge in [-0.2, -0.15) is 0 Å². The van der Waals surface area contributed by atoms with Crippen molar-refractivity contribution < 1.29 is 4.74 Å². The Morgan fingerprint density at radius 2 is 2.11 bits per heavy atom. The Kier molecular flexibility index (Phi) is 3.34. The smallest absolute Gasteiger partial charge is 0.134 e. The molecule has 1 heterocycles. The van der Waals surface area contributed by atoms with E-state index in [2.05, 4.69) is 42.5 Å². The quantitative estimate of drug-likeness (QED) is 0.871. The van der Waals surface area contributed by atoms with Crippen LogP contribution < -0.4 is 5.73 Å². The van der Waals surface area contributed by atoms with Crippen molar-refractivity contribution in [3.8, 4) is 0 Å². The number of nitrogens with two attached hydrogens (primary N) is 1. The van der Waals surface area contributed by atoms with Gasteiger partial charge in [0.2, 0.25) is 0 Å². The van der Waals surface area contributed by atoms with Crippen molar-refractivity contribution in [3.05, 3.63) is 71.2 Å². The molecule has 96 valence electrons. The summed E-state index contributed by atoms with van der Waals surface area (Å²) in [6.45, 7) is 0.677. The Bertz CT molecular complexity index is 605. The molecule has 0 amide bonds. The third kappa shape index (κ3) is 2.27. The molecule has 0 saturated carbocycles. The maximum Gasteiger partial charge on any atom is 0.134 e. The molecular formula is C17H17NO. The van der Waals surface area contributed by atoms with Crippen LogP contribution in [0.25, 0.3) is 11.6 Å². The molecule has 2 heteroatoms. The molecule has 0 radical (unpaired) electrons. The lowest BCUT2D eigenvalue weighted by atomic mass is 9.88. The first-order valence-corrected chi connectivity index (χ1v) is 6.63. The normalized spacial score (nSPS) is 18.9. The largest absolute Gasteiger partial charge is 0.464 e. The molecule has 0 bridgehead atoms. The minimum Gasteiger partial charge on any atom is -0.464 e. The molecule has 0 spiro atoms. The van der Waals surface area contributed by atoms with E-state index >= 15 is 0 Å². The standard InChI is InChI=1S/C17H17NO/c18-11-4-7-14-6-3-9-16-17(14)15-8-2-1-5-13(15)10-12-19-16/h1-3,5,7-10,12H,4,6,11,18H2. The molecule has 2 aliphatic rings.